The number of halogens is 2. The van der Waals surface area contributed by atoms with Gasteiger partial charge in [-0.05, 0) is 0 Å². The van der Waals surface area contributed by atoms with Crippen LogP contribution in [0.2, 0.25) is 0 Å². The molecule has 40 valence electrons. The summed E-state index contributed by atoms with van der Waals surface area (Å²) < 4.78 is 0. The quantitative estimate of drug-likeness (QED) is 0.599. The zero-order valence-electron chi connectivity index (χ0n) is 2.49. The van der Waals surface area contributed by atoms with Gasteiger partial charge in [-0.3, -0.25) is 0 Å². The van der Waals surface area contributed by atoms with Gasteiger partial charge in [-0.1, -0.05) is 0 Å². The van der Waals surface area contributed by atoms with Crippen molar-refractivity contribution in [1.29, 1.82) is 0 Å². The van der Waals surface area contributed by atoms with Crippen molar-refractivity contribution in [3.8, 4) is 0 Å². The third-order valence-electron chi connectivity index (χ3n) is 0. The molecule has 0 saturated carbocycles. The van der Waals surface area contributed by atoms with E-state index in [9.17, 15) is 0 Å². The van der Waals surface area contributed by atoms with Gasteiger partial charge in [0, 0.05) is 0 Å². The van der Waals surface area contributed by atoms with E-state index in [4.69, 9.17) is 19.1 Å². The van der Waals surface area contributed by atoms with Gasteiger partial charge in [-0.15, -0.1) is 0 Å². The van der Waals surface area contributed by atoms with Crippen molar-refractivity contribution in [1.82, 2.24) is 12.3 Å². The van der Waals surface area contributed by atoms with E-state index in [0.29, 0.717) is 0 Å². The van der Waals surface area contributed by atoms with Crippen molar-refractivity contribution in [3.63, 3.8) is 0 Å². The third-order valence-corrected chi connectivity index (χ3v) is 0. The first kappa shape index (κ1) is 16.4. The summed E-state index contributed by atoms with van der Waals surface area (Å²) in [6, 6.07) is 0. The molecule has 0 bridgehead atoms. The molecule has 0 aromatic rings. The average Bonchev–Trinajstić information content (AvgIpc) is 0.918. The molecule has 0 aliphatic carbocycles. The molecular formula is H6Cl2N2Pd. The minimum absolute atomic E-state index is 0. The van der Waals surface area contributed by atoms with Gasteiger partial charge in [0.1, 0.15) is 0 Å². The molecule has 5 heteroatoms. The average molecular weight is 211 g/mol. The molecule has 0 aliphatic rings. The SMILES string of the molecule is N.N.[Cl][Pd][Cl]. The Labute approximate surface area is 47.5 Å². The molecule has 0 rings (SSSR count). The summed E-state index contributed by atoms with van der Waals surface area (Å²) in [5.74, 6) is 0. The Bertz CT molecular complexity index is 7.61. The summed E-state index contributed by atoms with van der Waals surface area (Å²) in [6.07, 6.45) is 0. The minimum atomic E-state index is -0.106. The first-order valence-electron chi connectivity index (χ1n) is 0.239. The van der Waals surface area contributed by atoms with E-state index in [1.807, 2.05) is 0 Å². The molecule has 0 spiro atoms. The first-order valence-corrected chi connectivity index (χ1v) is 4.24. The van der Waals surface area contributed by atoms with Crippen LogP contribution in [0, 0.1) is 0 Å². The molecule has 2 nitrogen and oxygen atoms in total. The zero-order valence-corrected chi connectivity index (χ0v) is 5.55. The van der Waals surface area contributed by atoms with E-state index < -0.39 is 0 Å². The van der Waals surface area contributed by atoms with Crippen LogP contribution in [0.1, 0.15) is 0 Å². The molecule has 5 heavy (non-hydrogen) atoms. The number of hydrogen-bond donors (Lipinski definition) is 2. The Morgan fingerprint density at radius 2 is 1.00 bits per heavy atom. The summed E-state index contributed by atoms with van der Waals surface area (Å²) in [5, 5.41) is 0. The van der Waals surface area contributed by atoms with Gasteiger partial charge < -0.3 is 12.3 Å². The second-order valence-corrected chi connectivity index (χ2v) is 2.41. The Balaban J connectivity index is -0.0000000200. The summed E-state index contributed by atoms with van der Waals surface area (Å²) in [5.41, 5.74) is 0. The standard InChI is InChI=1S/2ClH.2H3N.Pd/h2*1H;2*1H3;/q;;;;+2/p-2. The molecule has 0 unspecified atom stereocenters. The van der Waals surface area contributed by atoms with Crippen LogP contribution in [0.3, 0.4) is 0 Å². The van der Waals surface area contributed by atoms with Crippen molar-refractivity contribution in [3.05, 3.63) is 0 Å². The van der Waals surface area contributed by atoms with Crippen molar-refractivity contribution < 1.29 is 15.9 Å². The maximum absolute atomic E-state index is 4.81. The Hall–Kier alpha value is 1.16. The number of rotatable bonds is 0. The van der Waals surface area contributed by atoms with Gasteiger partial charge in [0.15, 0.2) is 0 Å². The van der Waals surface area contributed by atoms with Gasteiger partial charge in [0.25, 0.3) is 0 Å². The number of hydrogen-bond acceptors (Lipinski definition) is 2. The molecule has 0 fully saturated rings. The fourth-order valence-corrected chi connectivity index (χ4v) is 0. The molecule has 0 saturated heterocycles. The van der Waals surface area contributed by atoms with Crippen LogP contribution in [-0.4, -0.2) is 0 Å². The summed E-state index contributed by atoms with van der Waals surface area (Å²) in [6.45, 7) is 0. The van der Waals surface area contributed by atoms with Crippen LogP contribution in [0.25, 0.3) is 0 Å². The van der Waals surface area contributed by atoms with E-state index in [-0.39, 0.29) is 28.2 Å². The zero-order chi connectivity index (χ0) is 2.71. The molecule has 0 aromatic heterocycles. The van der Waals surface area contributed by atoms with Gasteiger partial charge in [0.2, 0.25) is 0 Å². The van der Waals surface area contributed by atoms with Crippen molar-refractivity contribution in [2.24, 2.45) is 0 Å². The predicted octanol–water partition coefficient (Wildman–Crippen LogP) is 1.70. The molecular weight excluding hydrogens is 205 g/mol. The normalized spacial score (nSPS) is 4.40. The molecule has 0 radical (unpaired) electrons. The Morgan fingerprint density at radius 3 is 1.00 bits per heavy atom. The van der Waals surface area contributed by atoms with Crippen molar-refractivity contribution in [2.75, 3.05) is 0 Å². The fourth-order valence-electron chi connectivity index (χ4n) is 0. The summed E-state index contributed by atoms with van der Waals surface area (Å²) >= 11 is -0.106. The third kappa shape index (κ3) is 38.2. The Morgan fingerprint density at radius 1 is 1.00 bits per heavy atom. The van der Waals surface area contributed by atoms with Crippen LogP contribution in [0.4, 0.5) is 0 Å². The van der Waals surface area contributed by atoms with Crippen molar-refractivity contribution in [2.45, 2.75) is 0 Å². The van der Waals surface area contributed by atoms with Crippen LogP contribution < -0.4 is 12.3 Å². The topological polar surface area (TPSA) is 70.0 Å². The molecule has 6 N–H and O–H groups in total. The molecule has 0 atom stereocenters. The molecule has 0 aliphatic heterocycles. The van der Waals surface area contributed by atoms with Crippen LogP contribution in [0.5, 0.6) is 0 Å². The van der Waals surface area contributed by atoms with E-state index in [1.54, 1.807) is 0 Å². The van der Waals surface area contributed by atoms with Crippen LogP contribution in [0.15, 0.2) is 0 Å². The van der Waals surface area contributed by atoms with Gasteiger partial charge in [-0.25, -0.2) is 0 Å². The van der Waals surface area contributed by atoms with Gasteiger partial charge >= 0.3 is 35.0 Å². The van der Waals surface area contributed by atoms with Crippen LogP contribution in [-0.2, 0) is 15.9 Å². The fraction of sp³-hybridized carbons (Fsp3) is 0. The first-order chi connectivity index (χ1) is 1.41. The Kier molecular flexibility index (Phi) is 62.8. The second-order valence-electron chi connectivity index (χ2n) is 0.0452. The van der Waals surface area contributed by atoms with Crippen molar-refractivity contribution >= 4 is 19.1 Å². The van der Waals surface area contributed by atoms with E-state index in [0.717, 1.165) is 0 Å². The molecule has 0 amide bonds. The molecule has 0 aromatic carbocycles. The predicted molar refractivity (Wildman–Crippen MR) is 21.8 cm³/mol. The van der Waals surface area contributed by atoms with Gasteiger partial charge in [0.05, 0.1) is 0 Å². The summed E-state index contributed by atoms with van der Waals surface area (Å²) in [7, 11) is 9.63. The van der Waals surface area contributed by atoms with Gasteiger partial charge in [-0.2, -0.15) is 0 Å². The second kappa shape index (κ2) is 19.1. The molecule has 0 heterocycles. The van der Waals surface area contributed by atoms with E-state index in [1.165, 1.54) is 0 Å². The van der Waals surface area contributed by atoms with E-state index in [2.05, 4.69) is 0 Å². The monoisotopic (exact) mass is 210 g/mol. The van der Waals surface area contributed by atoms with E-state index >= 15 is 0 Å². The maximum atomic E-state index is 4.81. The summed E-state index contributed by atoms with van der Waals surface area (Å²) in [4.78, 5) is 0. The van der Waals surface area contributed by atoms with Crippen LogP contribution >= 0.6 is 19.1 Å².